The molecule has 0 radical (unpaired) electrons. The van der Waals surface area contributed by atoms with E-state index in [9.17, 15) is 4.39 Å². The van der Waals surface area contributed by atoms with Crippen molar-refractivity contribution >= 4 is 11.5 Å². The van der Waals surface area contributed by atoms with Crippen molar-refractivity contribution in [1.29, 1.82) is 5.26 Å². The number of benzene rings is 1. The van der Waals surface area contributed by atoms with Crippen molar-refractivity contribution in [2.75, 3.05) is 11.9 Å². The van der Waals surface area contributed by atoms with Crippen LogP contribution in [0.15, 0.2) is 36.7 Å². The molecule has 0 aliphatic carbocycles. The highest BCUT2D eigenvalue weighted by molar-refractivity contribution is 5.59. The van der Waals surface area contributed by atoms with Crippen molar-refractivity contribution < 1.29 is 4.39 Å². The highest BCUT2D eigenvalue weighted by atomic mass is 19.1. The van der Waals surface area contributed by atoms with Gasteiger partial charge >= 0.3 is 0 Å². The number of halogens is 1. The molecule has 2 rings (SSSR count). The van der Waals surface area contributed by atoms with Crippen molar-refractivity contribution in [1.82, 2.24) is 9.97 Å². The average molecular weight is 228 g/mol. The predicted octanol–water partition coefficient (Wildman–Crippen LogP) is 2.26. The third-order valence-electron chi connectivity index (χ3n) is 2.35. The molecule has 0 amide bonds. The molecular formula is C12H9FN4. The lowest BCUT2D eigenvalue weighted by Gasteiger charge is -2.17. The molecule has 0 fully saturated rings. The van der Waals surface area contributed by atoms with Gasteiger partial charge in [-0.25, -0.2) is 9.97 Å². The van der Waals surface area contributed by atoms with E-state index in [-0.39, 0.29) is 0 Å². The Hall–Kier alpha value is -2.48. The summed E-state index contributed by atoms with van der Waals surface area (Å²) in [7, 11) is 1.77. The molecule has 0 spiro atoms. The third-order valence-corrected chi connectivity index (χ3v) is 2.35. The Morgan fingerprint density at radius 1 is 1.24 bits per heavy atom. The Morgan fingerprint density at radius 3 is 2.53 bits per heavy atom. The molecule has 0 saturated carbocycles. The van der Waals surface area contributed by atoms with Crippen molar-refractivity contribution in [3.8, 4) is 6.07 Å². The maximum Gasteiger partial charge on any atom is 0.218 e. The minimum absolute atomic E-state index is 0.460. The van der Waals surface area contributed by atoms with Crippen LogP contribution in [0.3, 0.4) is 0 Å². The average Bonchev–Trinajstić information content (AvgIpc) is 2.38. The van der Waals surface area contributed by atoms with E-state index in [1.807, 2.05) is 6.07 Å². The summed E-state index contributed by atoms with van der Waals surface area (Å²) in [5, 5.41) is 8.69. The Labute approximate surface area is 98.0 Å². The molecule has 17 heavy (non-hydrogen) atoms. The van der Waals surface area contributed by atoms with E-state index in [2.05, 4.69) is 9.97 Å². The Balaban J connectivity index is 2.30. The van der Waals surface area contributed by atoms with Gasteiger partial charge in [0.2, 0.25) is 5.95 Å². The van der Waals surface area contributed by atoms with Gasteiger partial charge in [0.05, 0.1) is 11.6 Å². The lowest BCUT2D eigenvalue weighted by Crippen LogP contribution is -2.11. The minimum Gasteiger partial charge on any atom is -0.329 e. The molecule has 0 aliphatic heterocycles. The minimum atomic E-state index is -0.574. The zero-order valence-electron chi connectivity index (χ0n) is 9.13. The predicted molar refractivity (Wildman–Crippen MR) is 61.2 cm³/mol. The highest BCUT2D eigenvalue weighted by Crippen LogP contribution is 2.21. The summed E-state index contributed by atoms with van der Waals surface area (Å²) in [6.07, 6.45) is 1.17. The van der Waals surface area contributed by atoms with Crippen molar-refractivity contribution in [2.45, 2.75) is 0 Å². The lowest BCUT2D eigenvalue weighted by atomic mass is 10.2. The Bertz CT molecular complexity index is 559. The first-order valence-electron chi connectivity index (χ1n) is 4.92. The normalized spacial score (nSPS) is 9.71. The fourth-order valence-corrected chi connectivity index (χ4v) is 1.40. The van der Waals surface area contributed by atoms with Gasteiger partial charge in [-0.3, -0.25) is 0 Å². The van der Waals surface area contributed by atoms with E-state index in [1.165, 1.54) is 12.4 Å². The van der Waals surface area contributed by atoms with Crippen molar-refractivity contribution in [2.24, 2.45) is 0 Å². The first-order chi connectivity index (χ1) is 8.20. The zero-order valence-corrected chi connectivity index (χ0v) is 9.13. The molecule has 1 aromatic carbocycles. The summed E-state index contributed by atoms with van der Waals surface area (Å²) < 4.78 is 12.9. The molecule has 0 atom stereocenters. The van der Waals surface area contributed by atoms with E-state index in [0.29, 0.717) is 11.4 Å². The third kappa shape index (κ3) is 2.37. The summed E-state index contributed by atoms with van der Waals surface area (Å²) in [6.45, 7) is 0. The van der Waals surface area contributed by atoms with Gasteiger partial charge in [-0.1, -0.05) is 0 Å². The molecule has 4 nitrogen and oxygen atoms in total. The van der Waals surface area contributed by atoms with E-state index < -0.39 is 5.95 Å². The van der Waals surface area contributed by atoms with Gasteiger partial charge in [0, 0.05) is 18.8 Å². The number of nitrogens with zero attached hydrogens (tertiary/aromatic N) is 4. The monoisotopic (exact) mass is 228 g/mol. The lowest BCUT2D eigenvalue weighted by molar-refractivity contribution is 0.579. The van der Waals surface area contributed by atoms with Crippen molar-refractivity contribution in [3.63, 3.8) is 0 Å². The molecule has 1 heterocycles. The van der Waals surface area contributed by atoms with Crippen LogP contribution in [0.2, 0.25) is 0 Å². The zero-order chi connectivity index (χ0) is 12.3. The second-order valence-electron chi connectivity index (χ2n) is 3.42. The van der Waals surface area contributed by atoms with Crippen LogP contribution in [0.4, 0.5) is 15.9 Å². The molecular weight excluding hydrogens is 219 g/mol. The highest BCUT2D eigenvalue weighted by Gasteiger charge is 2.06. The maximum atomic E-state index is 12.9. The maximum absolute atomic E-state index is 12.9. The Kier molecular flexibility index (Phi) is 2.97. The summed E-state index contributed by atoms with van der Waals surface area (Å²) in [4.78, 5) is 9.08. The molecule has 5 heteroatoms. The van der Waals surface area contributed by atoms with Gasteiger partial charge in [0.15, 0.2) is 0 Å². The van der Waals surface area contributed by atoms with Crippen LogP contribution in [-0.2, 0) is 0 Å². The SMILES string of the molecule is CN(c1ccc(C#N)cc1)c1cc(F)ncn1. The van der Waals surface area contributed by atoms with Crippen LogP contribution < -0.4 is 4.90 Å². The topological polar surface area (TPSA) is 52.8 Å². The number of hydrogen-bond donors (Lipinski definition) is 0. The molecule has 0 unspecified atom stereocenters. The second kappa shape index (κ2) is 4.58. The van der Waals surface area contributed by atoms with Crippen LogP contribution in [0.1, 0.15) is 5.56 Å². The standard InChI is InChI=1S/C12H9FN4/c1-17(12-6-11(13)15-8-16-12)10-4-2-9(7-14)3-5-10/h2-6,8H,1H3. The summed E-state index contributed by atoms with van der Waals surface area (Å²) in [6, 6.07) is 10.2. The molecule has 1 aromatic heterocycles. The van der Waals surface area contributed by atoms with E-state index in [0.717, 1.165) is 5.69 Å². The van der Waals surface area contributed by atoms with Gasteiger partial charge in [0.25, 0.3) is 0 Å². The molecule has 84 valence electrons. The van der Waals surface area contributed by atoms with Crippen LogP contribution in [0, 0.1) is 17.3 Å². The van der Waals surface area contributed by atoms with Gasteiger partial charge in [-0.15, -0.1) is 0 Å². The van der Waals surface area contributed by atoms with E-state index in [1.54, 1.807) is 36.2 Å². The van der Waals surface area contributed by atoms with Crippen molar-refractivity contribution in [3.05, 3.63) is 48.2 Å². The molecule has 0 aliphatic rings. The first kappa shape index (κ1) is 11.0. The molecule has 0 N–H and O–H groups in total. The molecule has 0 bridgehead atoms. The summed E-state index contributed by atoms with van der Waals surface area (Å²) in [5.41, 5.74) is 1.40. The summed E-state index contributed by atoms with van der Waals surface area (Å²) >= 11 is 0. The molecule has 2 aromatic rings. The van der Waals surface area contributed by atoms with E-state index >= 15 is 0 Å². The van der Waals surface area contributed by atoms with Crippen LogP contribution >= 0.6 is 0 Å². The number of hydrogen-bond acceptors (Lipinski definition) is 4. The number of anilines is 2. The van der Waals surface area contributed by atoms with Crippen LogP contribution in [0.5, 0.6) is 0 Å². The largest absolute Gasteiger partial charge is 0.329 e. The summed E-state index contributed by atoms with van der Waals surface area (Å²) in [5.74, 6) is -0.113. The quantitative estimate of drug-likeness (QED) is 0.740. The number of aromatic nitrogens is 2. The smallest absolute Gasteiger partial charge is 0.218 e. The van der Waals surface area contributed by atoms with Crippen LogP contribution in [-0.4, -0.2) is 17.0 Å². The molecule has 0 saturated heterocycles. The Morgan fingerprint density at radius 2 is 1.94 bits per heavy atom. The fourth-order valence-electron chi connectivity index (χ4n) is 1.40. The first-order valence-corrected chi connectivity index (χ1v) is 4.92. The number of nitriles is 1. The van der Waals surface area contributed by atoms with Gasteiger partial charge in [-0.05, 0) is 24.3 Å². The van der Waals surface area contributed by atoms with E-state index in [4.69, 9.17) is 5.26 Å². The fraction of sp³-hybridized carbons (Fsp3) is 0.0833. The number of rotatable bonds is 2. The van der Waals surface area contributed by atoms with Gasteiger partial charge in [-0.2, -0.15) is 9.65 Å². The second-order valence-corrected chi connectivity index (χ2v) is 3.42. The van der Waals surface area contributed by atoms with Gasteiger partial charge < -0.3 is 4.90 Å². The van der Waals surface area contributed by atoms with Gasteiger partial charge in [0.1, 0.15) is 12.1 Å². The van der Waals surface area contributed by atoms with Crippen LogP contribution in [0.25, 0.3) is 0 Å².